The normalized spacial score (nSPS) is 27.2. The van der Waals surface area contributed by atoms with Crippen LogP contribution in [-0.4, -0.2) is 50.3 Å². The Bertz CT molecular complexity index is 714. The molecule has 1 aromatic carbocycles. The largest absolute Gasteiger partial charge is 0.389 e. The molecule has 128 valence electrons. The van der Waals surface area contributed by atoms with Crippen LogP contribution in [-0.2, 0) is 4.79 Å². The van der Waals surface area contributed by atoms with E-state index in [1.165, 1.54) is 18.2 Å². The Morgan fingerprint density at radius 1 is 1.38 bits per heavy atom. The third kappa shape index (κ3) is 3.05. The molecular weight excluding hydrogens is 322 g/mol. The van der Waals surface area contributed by atoms with Crippen molar-refractivity contribution in [1.82, 2.24) is 14.9 Å². The minimum absolute atomic E-state index is 0.146. The van der Waals surface area contributed by atoms with Gasteiger partial charge >= 0.3 is 0 Å². The number of H-pyrrole nitrogens is 1. The summed E-state index contributed by atoms with van der Waals surface area (Å²) in [4.78, 5) is 22.2. The number of aliphatic hydroxyl groups is 1. The molecule has 2 atom stereocenters. The Kier molecular flexibility index (Phi) is 4.26. The molecule has 2 aromatic rings. The van der Waals surface area contributed by atoms with Crippen molar-refractivity contribution in [2.45, 2.75) is 42.9 Å². The Balaban J connectivity index is 1.36. The van der Waals surface area contributed by atoms with Crippen LogP contribution in [0.1, 0.15) is 32.1 Å². The van der Waals surface area contributed by atoms with Crippen LogP contribution < -0.4 is 0 Å². The maximum absolute atomic E-state index is 12.5. The van der Waals surface area contributed by atoms with E-state index in [9.17, 15) is 9.90 Å². The Morgan fingerprint density at radius 3 is 3.12 bits per heavy atom. The minimum Gasteiger partial charge on any atom is -0.389 e. The lowest BCUT2D eigenvalue weighted by atomic mass is 9.71. The van der Waals surface area contributed by atoms with Gasteiger partial charge in [-0.3, -0.25) is 4.79 Å². The van der Waals surface area contributed by atoms with Crippen LogP contribution in [0.2, 0.25) is 0 Å². The average Bonchev–Trinajstić information content (AvgIpc) is 3.01. The first-order valence-electron chi connectivity index (χ1n) is 8.72. The zero-order valence-corrected chi connectivity index (χ0v) is 14.5. The number of aromatic amines is 1. The molecular formula is C18H23N3O2S. The van der Waals surface area contributed by atoms with Crippen LogP contribution in [0.25, 0.3) is 11.0 Å². The summed E-state index contributed by atoms with van der Waals surface area (Å²) in [6.45, 7) is 1.38. The van der Waals surface area contributed by atoms with Gasteiger partial charge in [-0.1, -0.05) is 36.7 Å². The van der Waals surface area contributed by atoms with E-state index >= 15 is 0 Å². The Morgan fingerprint density at radius 2 is 2.25 bits per heavy atom. The van der Waals surface area contributed by atoms with Crippen LogP contribution in [0.15, 0.2) is 29.4 Å². The van der Waals surface area contributed by atoms with Gasteiger partial charge in [0.1, 0.15) is 0 Å². The standard InChI is InChI=1S/C18H23N3O2S/c22-16(12-24-17-19-14-6-1-2-7-15(14)20-17)21-10-9-18(23)8-4-3-5-13(18)11-21/h1-2,6-7,13,23H,3-5,8-12H2,(H,19,20). The first-order valence-corrected chi connectivity index (χ1v) is 9.70. The summed E-state index contributed by atoms with van der Waals surface area (Å²) in [6.07, 6.45) is 4.94. The fourth-order valence-corrected chi connectivity index (χ4v) is 4.80. The number of amides is 1. The van der Waals surface area contributed by atoms with Crippen molar-refractivity contribution >= 4 is 28.7 Å². The van der Waals surface area contributed by atoms with Gasteiger partial charge in [-0.25, -0.2) is 4.98 Å². The molecule has 1 aliphatic heterocycles. The number of thioether (sulfide) groups is 1. The summed E-state index contributed by atoms with van der Waals surface area (Å²) in [5.41, 5.74) is 1.40. The van der Waals surface area contributed by atoms with Gasteiger partial charge < -0.3 is 15.0 Å². The van der Waals surface area contributed by atoms with Gasteiger partial charge in [0.15, 0.2) is 5.16 Å². The number of imidazole rings is 1. The number of carbonyl (C=O) groups excluding carboxylic acids is 1. The van der Waals surface area contributed by atoms with E-state index in [0.29, 0.717) is 18.8 Å². The first kappa shape index (κ1) is 16.0. The van der Waals surface area contributed by atoms with Crippen molar-refractivity contribution in [3.63, 3.8) is 0 Å². The van der Waals surface area contributed by atoms with Crippen molar-refractivity contribution in [1.29, 1.82) is 0 Å². The fourth-order valence-electron chi connectivity index (χ4n) is 4.02. The summed E-state index contributed by atoms with van der Waals surface area (Å²) < 4.78 is 0. The molecule has 0 radical (unpaired) electrons. The molecule has 1 aliphatic carbocycles. The van der Waals surface area contributed by atoms with E-state index in [1.807, 2.05) is 29.2 Å². The number of likely N-dealkylation sites (tertiary alicyclic amines) is 1. The van der Waals surface area contributed by atoms with Crippen LogP contribution in [0.3, 0.4) is 0 Å². The molecule has 0 spiro atoms. The number of rotatable bonds is 3. The molecule has 1 aromatic heterocycles. The highest BCUT2D eigenvalue weighted by molar-refractivity contribution is 7.99. The van der Waals surface area contributed by atoms with Crippen molar-refractivity contribution in [3.05, 3.63) is 24.3 Å². The quantitative estimate of drug-likeness (QED) is 0.840. The molecule has 0 bridgehead atoms. The van der Waals surface area contributed by atoms with Gasteiger partial charge in [-0.15, -0.1) is 0 Å². The maximum atomic E-state index is 12.5. The smallest absolute Gasteiger partial charge is 0.233 e. The number of hydrogen-bond donors (Lipinski definition) is 2. The molecule has 1 amide bonds. The van der Waals surface area contributed by atoms with E-state index in [2.05, 4.69) is 9.97 Å². The highest BCUT2D eigenvalue weighted by Gasteiger charge is 2.43. The number of hydrogen-bond acceptors (Lipinski definition) is 4. The third-order valence-corrected chi connectivity index (χ3v) is 6.34. The topological polar surface area (TPSA) is 69.2 Å². The zero-order chi connectivity index (χ0) is 16.6. The first-order chi connectivity index (χ1) is 11.6. The fraction of sp³-hybridized carbons (Fsp3) is 0.556. The van der Waals surface area contributed by atoms with E-state index in [0.717, 1.165) is 41.9 Å². The molecule has 5 nitrogen and oxygen atoms in total. The molecule has 2 fully saturated rings. The summed E-state index contributed by atoms with van der Waals surface area (Å²) in [5.74, 6) is 0.790. The third-order valence-electron chi connectivity index (χ3n) is 5.48. The number of benzene rings is 1. The highest BCUT2D eigenvalue weighted by Crippen LogP contribution is 2.39. The maximum Gasteiger partial charge on any atom is 0.233 e. The zero-order valence-electron chi connectivity index (χ0n) is 13.7. The predicted octanol–water partition coefficient (Wildman–Crippen LogP) is 2.81. The second kappa shape index (κ2) is 6.41. The lowest BCUT2D eigenvalue weighted by Crippen LogP contribution is -2.55. The van der Waals surface area contributed by atoms with Gasteiger partial charge in [0.25, 0.3) is 0 Å². The predicted molar refractivity (Wildman–Crippen MR) is 94.9 cm³/mol. The van der Waals surface area contributed by atoms with Crippen molar-refractivity contribution in [2.24, 2.45) is 5.92 Å². The van der Waals surface area contributed by atoms with Gasteiger partial charge in [-0.05, 0) is 31.4 Å². The number of carbonyl (C=O) groups is 1. The highest BCUT2D eigenvalue weighted by atomic mass is 32.2. The molecule has 2 heterocycles. The Labute approximate surface area is 145 Å². The number of para-hydroxylation sites is 2. The van der Waals surface area contributed by atoms with E-state index < -0.39 is 5.60 Å². The second-order valence-corrected chi connectivity index (χ2v) is 7.95. The number of fused-ring (bicyclic) bond motifs is 2. The number of aromatic nitrogens is 2. The second-order valence-electron chi connectivity index (χ2n) is 6.98. The van der Waals surface area contributed by atoms with Crippen LogP contribution in [0.4, 0.5) is 0 Å². The lowest BCUT2D eigenvalue weighted by molar-refractivity contribution is -0.140. The van der Waals surface area contributed by atoms with Gasteiger partial charge in [-0.2, -0.15) is 0 Å². The number of nitrogens with one attached hydrogen (secondary N) is 1. The van der Waals surface area contributed by atoms with Crippen molar-refractivity contribution in [2.75, 3.05) is 18.8 Å². The van der Waals surface area contributed by atoms with Crippen LogP contribution in [0, 0.1) is 5.92 Å². The van der Waals surface area contributed by atoms with Crippen molar-refractivity contribution in [3.8, 4) is 0 Å². The van der Waals surface area contributed by atoms with E-state index in [4.69, 9.17) is 0 Å². The minimum atomic E-state index is -0.527. The molecule has 6 heteroatoms. The number of nitrogens with zero attached hydrogens (tertiary/aromatic N) is 2. The molecule has 1 saturated carbocycles. The monoisotopic (exact) mass is 345 g/mol. The van der Waals surface area contributed by atoms with Gasteiger partial charge in [0.2, 0.25) is 5.91 Å². The van der Waals surface area contributed by atoms with Crippen LogP contribution >= 0.6 is 11.8 Å². The number of piperidine rings is 1. The lowest BCUT2D eigenvalue weighted by Gasteiger charge is -2.47. The average molecular weight is 345 g/mol. The summed E-state index contributed by atoms with van der Waals surface area (Å²) in [7, 11) is 0. The Hall–Kier alpha value is -1.53. The summed E-state index contributed by atoms with van der Waals surface area (Å²) in [5, 5.41) is 11.5. The SMILES string of the molecule is O=C(CSc1nc2ccccc2[nH]1)N1CCC2(O)CCCCC2C1. The van der Waals surface area contributed by atoms with Crippen LogP contribution in [0.5, 0.6) is 0 Å². The van der Waals surface area contributed by atoms with Crippen molar-refractivity contribution < 1.29 is 9.90 Å². The molecule has 2 N–H and O–H groups in total. The van der Waals surface area contributed by atoms with Gasteiger partial charge in [0.05, 0.1) is 22.4 Å². The summed E-state index contributed by atoms with van der Waals surface area (Å²) in [6, 6.07) is 7.88. The molecule has 4 rings (SSSR count). The summed E-state index contributed by atoms with van der Waals surface area (Å²) >= 11 is 1.46. The molecule has 2 aliphatic rings. The molecule has 2 unspecified atom stereocenters. The molecule has 24 heavy (non-hydrogen) atoms. The van der Waals surface area contributed by atoms with E-state index in [1.54, 1.807) is 0 Å². The van der Waals surface area contributed by atoms with E-state index in [-0.39, 0.29) is 11.8 Å². The van der Waals surface area contributed by atoms with Gasteiger partial charge in [0, 0.05) is 19.0 Å². The molecule has 1 saturated heterocycles.